The molecule has 3 fully saturated rings. The fourth-order valence-corrected chi connectivity index (χ4v) is 2.83. The van der Waals surface area contributed by atoms with Gasteiger partial charge < -0.3 is 49.6 Å². The van der Waals surface area contributed by atoms with E-state index in [0.717, 1.165) is 0 Å². The first-order valence-corrected chi connectivity index (χ1v) is 7.02. The molecule has 0 aromatic rings. The number of fused-ring (bicyclic) bond motifs is 4. The molecule has 0 saturated carbocycles. The maximum Gasteiger partial charge on any atom is 0.186 e. The van der Waals surface area contributed by atoms with Crippen LogP contribution in [0.2, 0.25) is 0 Å². The van der Waals surface area contributed by atoms with Crippen LogP contribution < -0.4 is 0 Å². The normalized spacial score (nSPS) is 56.5. The summed E-state index contributed by atoms with van der Waals surface area (Å²) in [6.07, 6.45) is -13.0. The molecule has 10 atom stereocenters. The molecule has 0 spiro atoms. The fraction of sp³-hybridized carbons (Fsp3) is 1.00. The predicted molar refractivity (Wildman–Crippen MR) is 65.3 cm³/mol. The Labute approximate surface area is 125 Å². The molecule has 0 aliphatic carbocycles. The Hall–Kier alpha value is -0.400. The number of hydrogen-bond donors (Lipinski definition) is 6. The lowest BCUT2D eigenvalue weighted by atomic mass is 10.1. The van der Waals surface area contributed by atoms with Gasteiger partial charge in [0.2, 0.25) is 0 Å². The highest BCUT2D eigenvalue weighted by Crippen LogP contribution is 2.29. The smallest absolute Gasteiger partial charge is 0.186 e. The van der Waals surface area contributed by atoms with E-state index in [1.54, 1.807) is 0 Å². The van der Waals surface area contributed by atoms with Crippen molar-refractivity contribution in [3.05, 3.63) is 0 Å². The maximum absolute atomic E-state index is 9.97. The van der Waals surface area contributed by atoms with Crippen molar-refractivity contribution in [1.82, 2.24) is 0 Å². The van der Waals surface area contributed by atoms with Crippen LogP contribution in [0.1, 0.15) is 0 Å². The van der Waals surface area contributed by atoms with Crippen LogP contribution in [0.5, 0.6) is 0 Å². The molecule has 0 radical (unpaired) electrons. The minimum absolute atomic E-state index is 0.377. The van der Waals surface area contributed by atoms with E-state index in [1.807, 2.05) is 0 Å². The Morgan fingerprint density at radius 3 is 1.27 bits per heavy atom. The molecular formula is C12H20O10. The lowest BCUT2D eigenvalue weighted by Crippen LogP contribution is -2.43. The minimum atomic E-state index is -1.40. The first-order valence-electron chi connectivity index (χ1n) is 7.02. The Bertz CT molecular complexity index is 358. The molecule has 22 heavy (non-hydrogen) atoms. The third-order valence-corrected chi connectivity index (χ3v) is 4.13. The van der Waals surface area contributed by atoms with Gasteiger partial charge in [-0.1, -0.05) is 0 Å². The first kappa shape index (κ1) is 16.5. The van der Waals surface area contributed by atoms with E-state index in [4.69, 9.17) is 18.9 Å². The zero-order valence-corrected chi connectivity index (χ0v) is 11.5. The van der Waals surface area contributed by atoms with Crippen LogP contribution in [-0.2, 0) is 18.9 Å². The van der Waals surface area contributed by atoms with Crippen LogP contribution in [-0.4, -0.2) is 105 Å². The molecule has 10 heteroatoms. The predicted octanol–water partition coefficient (Wildman–Crippen LogP) is -4.35. The lowest BCUT2D eigenvalue weighted by Gasteiger charge is -2.25. The molecule has 128 valence electrons. The first-order chi connectivity index (χ1) is 10.4. The number of aliphatic hydroxyl groups is 6. The van der Waals surface area contributed by atoms with E-state index in [9.17, 15) is 30.6 Å². The van der Waals surface area contributed by atoms with Gasteiger partial charge >= 0.3 is 0 Å². The van der Waals surface area contributed by atoms with Crippen molar-refractivity contribution in [3.63, 3.8) is 0 Å². The molecule has 3 aliphatic heterocycles. The molecular weight excluding hydrogens is 304 g/mol. The molecule has 6 N–H and O–H groups in total. The second-order valence-corrected chi connectivity index (χ2v) is 5.70. The Kier molecular flexibility index (Phi) is 4.67. The molecule has 3 heterocycles. The van der Waals surface area contributed by atoms with Gasteiger partial charge in [-0.3, -0.25) is 0 Å². The van der Waals surface area contributed by atoms with Gasteiger partial charge in [0.15, 0.2) is 12.6 Å². The van der Waals surface area contributed by atoms with Crippen LogP contribution in [0, 0.1) is 0 Å². The summed E-state index contributed by atoms with van der Waals surface area (Å²) in [5.74, 6) is 0. The van der Waals surface area contributed by atoms with E-state index in [1.165, 1.54) is 0 Å². The van der Waals surface area contributed by atoms with E-state index < -0.39 is 61.4 Å². The van der Waals surface area contributed by atoms with E-state index in [0.29, 0.717) is 0 Å². The number of ether oxygens (including phenoxy) is 4. The van der Waals surface area contributed by atoms with Gasteiger partial charge in [0.05, 0.1) is 13.2 Å². The Balaban J connectivity index is 1.78. The van der Waals surface area contributed by atoms with Crippen LogP contribution in [0.4, 0.5) is 0 Å². The van der Waals surface area contributed by atoms with Crippen LogP contribution in [0.25, 0.3) is 0 Å². The highest BCUT2D eigenvalue weighted by atomic mass is 16.7. The molecule has 3 rings (SSSR count). The van der Waals surface area contributed by atoms with Crippen molar-refractivity contribution in [1.29, 1.82) is 0 Å². The summed E-state index contributed by atoms with van der Waals surface area (Å²) in [4.78, 5) is 0. The fourth-order valence-electron chi connectivity index (χ4n) is 2.83. The molecule has 10 nitrogen and oxygen atoms in total. The van der Waals surface area contributed by atoms with Gasteiger partial charge in [0.1, 0.15) is 48.8 Å². The number of hydrogen-bond acceptors (Lipinski definition) is 10. The van der Waals surface area contributed by atoms with Gasteiger partial charge in [0.25, 0.3) is 0 Å². The molecule has 0 aromatic carbocycles. The quantitative estimate of drug-likeness (QED) is 0.257. The summed E-state index contributed by atoms with van der Waals surface area (Å²) < 4.78 is 20.8. The third kappa shape index (κ3) is 2.76. The van der Waals surface area contributed by atoms with Crippen molar-refractivity contribution < 1.29 is 49.6 Å². The summed E-state index contributed by atoms with van der Waals surface area (Å²) in [6.45, 7) is -0.753. The maximum atomic E-state index is 9.97. The van der Waals surface area contributed by atoms with Gasteiger partial charge in [-0.05, 0) is 0 Å². The van der Waals surface area contributed by atoms with E-state index in [-0.39, 0.29) is 13.2 Å². The summed E-state index contributed by atoms with van der Waals surface area (Å²) in [5, 5.41) is 59.3. The summed E-state index contributed by atoms with van der Waals surface area (Å²) in [6, 6.07) is 0. The van der Waals surface area contributed by atoms with Gasteiger partial charge in [-0.25, -0.2) is 0 Å². The van der Waals surface area contributed by atoms with Crippen LogP contribution in [0.3, 0.4) is 0 Å². The van der Waals surface area contributed by atoms with E-state index >= 15 is 0 Å². The average molecular weight is 324 g/mol. The van der Waals surface area contributed by atoms with Gasteiger partial charge in [0, 0.05) is 0 Å². The van der Waals surface area contributed by atoms with Crippen molar-refractivity contribution in [2.45, 2.75) is 61.4 Å². The number of rotatable bonds is 0. The molecule has 0 amide bonds. The van der Waals surface area contributed by atoms with Gasteiger partial charge in [-0.15, -0.1) is 0 Å². The van der Waals surface area contributed by atoms with E-state index in [2.05, 4.69) is 0 Å². The van der Waals surface area contributed by atoms with Crippen molar-refractivity contribution in [2.75, 3.05) is 13.2 Å². The molecule has 0 aromatic heterocycles. The Morgan fingerprint density at radius 2 is 0.909 bits per heavy atom. The third-order valence-electron chi connectivity index (χ3n) is 4.13. The lowest BCUT2D eigenvalue weighted by molar-refractivity contribution is -0.233. The molecule has 3 aliphatic rings. The van der Waals surface area contributed by atoms with Crippen LogP contribution >= 0.6 is 0 Å². The van der Waals surface area contributed by atoms with Crippen molar-refractivity contribution in [2.24, 2.45) is 0 Å². The second-order valence-electron chi connectivity index (χ2n) is 5.70. The molecule has 0 unspecified atom stereocenters. The number of aliphatic hydroxyl groups excluding tert-OH is 6. The highest BCUT2D eigenvalue weighted by Gasteiger charge is 2.51. The zero-order chi connectivity index (χ0) is 16.0. The SMILES string of the molecule is O[C@@H]1[C@@H](O)[C@@H]2OC[C@@H](O)[C@@H]3O[C@@H](OC[C@@H](O)[C@@H]1O2)[C@H](O)[C@H]3O. The summed E-state index contributed by atoms with van der Waals surface area (Å²) in [7, 11) is 0. The van der Waals surface area contributed by atoms with Gasteiger partial charge in [-0.2, -0.15) is 0 Å². The second kappa shape index (κ2) is 6.24. The Morgan fingerprint density at radius 1 is 0.545 bits per heavy atom. The standard InChI is InChI=1S/C12H20O10/c13-3-1-19-11-7(17)6(16)10(22-11)4(14)2-20-12-8(18)5(15)9(3)21-12/h3-18H,1-2H2/t3-,4-,5-,6-,7-,8-,9+,10+,11-,12-/m1/s1. The molecule has 3 saturated heterocycles. The highest BCUT2D eigenvalue weighted by molar-refractivity contribution is 4.94. The summed E-state index contributed by atoms with van der Waals surface area (Å²) >= 11 is 0. The monoisotopic (exact) mass is 324 g/mol. The molecule has 4 bridgehead atoms. The largest absolute Gasteiger partial charge is 0.388 e. The topological polar surface area (TPSA) is 158 Å². The summed E-state index contributed by atoms with van der Waals surface area (Å²) in [5.41, 5.74) is 0. The van der Waals surface area contributed by atoms with Crippen molar-refractivity contribution in [3.8, 4) is 0 Å². The average Bonchev–Trinajstić information content (AvgIpc) is 2.94. The zero-order valence-electron chi connectivity index (χ0n) is 11.5. The minimum Gasteiger partial charge on any atom is -0.388 e. The van der Waals surface area contributed by atoms with Crippen LogP contribution in [0.15, 0.2) is 0 Å². The van der Waals surface area contributed by atoms with Crippen molar-refractivity contribution >= 4 is 0 Å².